The fraction of sp³-hybridized carbons (Fsp3) is 0.944. The summed E-state index contributed by atoms with van der Waals surface area (Å²) in [5, 5.41) is 76.2. The van der Waals surface area contributed by atoms with Crippen molar-refractivity contribution in [1.29, 1.82) is 0 Å². The van der Waals surface area contributed by atoms with Crippen LogP contribution in [0.25, 0.3) is 0 Å². The second kappa shape index (κ2) is 12.4. The van der Waals surface area contributed by atoms with Crippen LogP contribution in [0.15, 0.2) is 11.6 Å². The molecule has 4 saturated carbocycles. The van der Waals surface area contributed by atoms with Gasteiger partial charge >= 0.3 is 0 Å². The lowest BCUT2D eigenvalue weighted by molar-refractivity contribution is -0.336. The molecule has 5 fully saturated rings. The molecule has 9 nitrogen and oxygen atoms in total. The number of aliphatic hydroxyl groups excluding tert-OH is 7. The van der Waals surface area contributed by atoms with Gasteiger partial charge in [0.2, 0.25) is 0 Å². The Hall–Kier alpha value is -0.620. The molecule has 0 unspecified atom stereocenters. The molecule has 1 aliphatic heterocycles. The molecule has 0 spiro atoms. The van der Waals surface area contributed by atoms with Crippen LogP contribution < -0.4 is 0 Å². The molecule has 1 heterocycles. The fourth-order valence-corrected chi connectivity index (χ4v) is 11.8. The van der Waals surface area contributed by atoms with Crippen molar-refractivity contribution >= 4 is 0 Å². The Balaban J connectivity index is 1.50. The van der Waals surface area contributed by atoms with E-state index in [-0.39, 0.29) is 51.9 Å². The number of hydrogen-bond donors (Lipinski definition) is 7. The van der Waals surface area contributed by atoms with Gasteiger partial charge in [0.1, 0.15) is 24.4 Å². The van der Waals surface area contributed by atoms with Gasteiger partial charge in [0, 0.05) is 12.0 Å². The minimum Gasteiger partial charge on any atom is -0.396 e. The summed E-state index contributed by atoms with van der Waals surface area (Å²) in [6.45, 7) is 14.7. The molecular formula is C36H62O9. The molecule has 7 N–H and O–H groups in total. The topological polar surface area (TPSA) is 160 Å². The molecule has 5 rings (SSSR count). The Morgan fingerprint density at radius 1 is 0.867 bits per heavy atom. The van der Waals surface area contributed by atoms with Crippen molar-refractivity contribution < 1.29 is 45.2 Å². The second-order valence-corrected chi connectivity index (χ2v) is 17.2. The van der Waals surface area contributed by atoms with E-state index < -0.39 is 55.1 Å². The van der Waals surface area contributed by atoms with Gasteiger partial charge in [-0.3, -0.25) is 0 Å². The van der Waals surface area contributed by atoms with Gasteiger partial charge in [0.05, 0.1) is 24.4 Å². The van der Waals surface area contributed by atoms with Gasteiger partial charge in [-0.25, -0.2) is 0 Å². The zero-order chi connectivity index (χ0) is 33.3. The molecule has 0 amide bonds. The summed E-state index contributed by atoms with van der Waals surface area (Å²) in [6, 6.07) is 0. The van der Waals surface area contributed by atoms with Crippen LogP contribution in [0, 0.1) is 45.3 Å². The summed E-state index contributed by atoms with van der Waals surface area (Å²) in [6.07, 6.45) is 1.24. The minimum absolute atomic E-state index is 0.0611. The highest BCUT2D eigenvalue weighted by Crippen LogP contribution is 2.76. The molecule has 15 atom stereocenters. The van der Waals surface area contributed by atoms with Gasteiger partial charge in [-0.05, 0) is 118 Å². The molecule has 1 saturated heterocycles. The summed E-state index contributed by atoms with van der Waals surface area (Å²) in [5.74, 6) is 0.0968. The normalized spacial score (nSPS) is 50.6. The molecule has 4 aliphatic carbocycles. The van der Waals surface area contributed by atoms with Crippen molar-refractivity contribution in [2.45, 2.75) is 155 Å². The van der Waals surface area contributed by atoms with Crippen LogP contribution in [0.5, 0.6) is 0 Å². The molecule has 0 aromatic rings. The van der Waals surface area contributed by atoms with E-state index >= 15 is 0 Å². The van der Waals surface area contributed by atoms with E-state index in [0.29, 0.717) is 19.3 Å². The van der Waals surface area contributed by atoms with Gasteiger partial charge in [-0.2, -0.15) is 0 Å². The van der Waals surface area contributed by atoms with E-state index in [1.54, 1.807) is 0 Å². The molecule has 9 heteroatoms. The van der Waals surface area contributed by atoms with Crippen LogP contribution >= 0.6 is 0 Å². The maximum Gasteiger partial charge on any atom is 0.187 e. The van der Waals surface area contributed by atoms with E-state index in [1.807, 2.05) is 20.8 Å². The SMILES string of the molecule is CC(C)=CCC[C@](C)(O[C@@H]1O[C@H](CO)[C@@H](O)[C@H](O)[C@H]1O)[C@H]1CC[C@]2(C)[C@H]1[C@H](O)C[C@@H]1[C@@]3(CO)CC[C@H](O)C(C)(C)[C@@H]3CC[C@]12C. The van der Waals surface area contributed by atoms with Crippen molar-refractivity contribution in [3.05, 3.63) is 11.6 Å². The minimum atomic E-state index is -1.53. The molecule has 0 aromatic heterocycles. The van der Waals surface area contributed by atoms with E-state index in [0.717, 1.165) is 38.5 Å². The second-order valence-electron chi connectivity index (χ2n) is 17.2. The van der Waals surface area contributed by atoms with Gasteiger partial charge in [-0.15, -0.1) is 0 Å². The first kappa shape index (κ1) is 35.7. The predicted molar refractivity (Wildman–Crippen MR) is 170 cm³/mol. The van der Waals surface area contributed by atoms with Crippen LogP contribution in [-0.4, -0.2) is 97.5 Å². The van der Waals surface area contributed by atoms with Crippen molar-refractivity contribution in [2.24, 2.45) is 45.3 Å². The van der Waals surface area contributed by atoms with E-state index in [1.165, 1.54) is 5.57 Å². The maximum absolute atomic E-state index is 12.3. The highest BCUT2D eigenvalue weighted by Gasteiger charge is 2.72. The van der Waals surface area contributed by atoms with Gasteiger partial charge in [0.25, 0.3) is 0 Å². The van der Waals surface area contributed by atoms with Gasteiger partial charge in [-0.1, -0.05) is 39.3 Å². The van der Waals surface area contributed by atoms with E-state index in [2.05, 4.69) is 33.8 Å². The first-order valence-corrected chi connectivity index (χ1v) is 17.5. The molecule has 0 radical (unpaired) electrons. The third-order valence-electron chi connectivity index (χ3n) is 14.6. The Morgan fingerprint density at radius 3 is 2.16 bits per heavy atom. The highest BCUT2D eigenvalue weighted by atomic mass is 16.7. The zero-order valence-corrected chi connectivity index (χ0v) is 28.7. The van der Waals surface area contributed by atoms with Crippen molar-refractivity contribution in [3.8, 4) is 0 Å². The number of rotatable bonds is 8. The third-order valence-corrected chi connectivity index (χ3v) is 14.6. The Labute approximate surface area is 270 Å². The monoisotopic (exact) mass is 638 g/mol. The van der Waals surface area contributed by atoms with Crippen molar-refractivity contribution in [2.75, 3.05) is 13.2 Å². The van der Waals surface area contributed by atoms with Crippen molar-refractivity contribution in [3.63, 3.8) is 0 Å². The quantitative estimate of drug-likeness (QED) is 0.198. The summed E-state index contributed by atoms with van der Waals surface area (Å²) < 4.78 is 12.6. The summed E-state index contributed by atoms with van der Waals surface area (Å²) in [5.41, 5.74) is -0.735. The lowest BCUT2D eigenvalue weighted by Gasteiger charge is -2.71. The Kier molecular flexibility index (Phi) is 9.80. The van der Waals surface area contributed by atoms with Crippen molar-refractivity contribution in [1.82, 2.24) is 0 Å². The lowest BCUT2D eigenvalue weighted by atomic mass is 9.34. The highest BCUT2D eigenvalue weighted by molar-refractivity contribution is 5.21. The molecule has 0 aromatic carbocycles. The number of hydrogen-bond acceptors (Lipinski definition) is 9. The van der Waals surface area contributed by atoms with E-state index in [9.17, 15) is 35.7 Å². The van der Waals surface area contributed by atoms with E-state index in [4.69, 9.17) is 9.47 Å². The maximum atomic E-state index is 12.3. The first-order valence-electron chi connectivity index (χ1n) is 17.5. The third kappa shape index (κ3) is 5.39. The first-order chi connectivity index (χ1) is 20.9. The van der Waals surface area contributed by atoms with Crippen LogP contribution in [-0.2, 0) is 9.47 Å². The zero-order valence-electron chi connectivity index (χ0n) is 28.7. The van der Waals surface area contributed by atoms with Crippen LogP contribution in [0.4, 0.5) is 0 Å². The Bertz CT molecular complexity index is 1090. The molecule has 45 heavy (non-hydrogen) atoms. The predicted octanol–water partition coefficient (Wildman–Crippen LogP) is 3.30. The molecular weight excluding hydrogens is 576 g/mol. The molecule has 5 aliphatic rings. The number of ether oxygens (including phenoxy) is 2. The summed E-state index contributed by atoms with van der Waals surface area (Å²) in [4.78, 5) is 0. The summed E-state index contributed by atoms with van der Waals surface area (Å²) in [7, 11) is 0. The van der Waals surface area contributed by atoms with Crippen LogP contribution in [0.1, 0.15) is 106 Å². The molecule has 260 valence electrons. The average Bonchev–Trinajstić information content (AvgIpc) is 3.36. The van der Waals surface area contributed by atoms with Crippen LogP contribution in [0.2, 0.25) is 0 Å². The van der Waals surface area contributed by atoms with Crippen LogP contribution in [0.3, 0.4) is 0 Å². The summed E-state index contributed by atoms with van der Waals surface area (Å²) >= 11 is 0. The lowest BCUT2D eigenvalue weighted by Crippen LogP contribution is -2.68. The van der Waals surface area contributed by atoms with Gasteiger partial charge < -0.3 is 45.2 Å². The largest absolute Gasteiger partial charge is 0.396 e. The smallest absolute Gasteiger partial charge is 0.187 e. The van der Waals surface area contributed by atoms with Gasteiger partial charge in [0.15, 0.2) is 6.29 Å². The number of allylic oxidation sites excluding steroid dienone is 2. The number of fused-ring (bicyclic) bond motifs is 5. The number of aliphatic hydroxyl groups is 7. The molecule has 0 bridgehead atoms. The Morgan fingerprint density at radius 2 is 1.53 bits per heavy atom. The average molecular weight is 639 g/mol. The standard InChI is InChI=1S/C36H62O9/c1-20(2)9-8-13-35(7,45-31-30(43)29(42)28(41)23(18-37)44-31)21-10-14-34(6)27(21)22(39)17-25-33(34,5)15-11-24-32(3,4)26(40)12-16-36(24,25)19-38/h9,21-31,37-43H,8,10-19H2,1-7H3/t21-,22+,23+,24-,25-,26-,27+,28+,29-,30+,31-,33+,34+,35-,36+/m0/s1. The fourth-order valence-electron chi connectivity index (χ4n) is 11.8.